The van der Waals surface area contributed by atoms with Gasteiger partial charge in [-0.05, 0) is 65.2 Å². The molecule has 1 aromatic carbocycles. The number of halogens is 1. The molecule has 1 heterocycles. The van der Waals surface area contributed by atoms with Crippen LogP contribution in [0.5, 0.6) is 0 Å². The van der Waals surface area contributed by atoms with Crippen molar-refractivity contribution < 1.29 is 0 Å². The minimum absolute atomic E-state index is 0.752. The van der Waals surface area contributed by atoms with E-state index in [1.54, 1.807) is 0 Å². The van der Waals surface area contributed by atoms with Gasteiger partial charge < -0.3 is 5.32 Å². The average molecular weight is 363 g/mol. The van der Waals surface area contributed by atoms with Gasteiger partial charge in [0, 0.05) is 26.5 Å². The van der Waals surface area contributed by atoms with Crippen LogP contribution in [0.15, 0.2) is 52.0 Å². The first-order valence-corrected chi connectivity index (χ1v) is 9.08. The Kier molecular flexibility index (Phi) is 5.20. The van der Waals surface area contributed by atoms with Gasteiger partial charge in [-0.3, -0.25) is 4.98 Å². The number of pyridine rings is 1. The molecule has 1 aromatic heterocycles. The molecule has 1 aliphatic carbocycles. The molecule has 2 nitrogen and oxygen atoms in total. The molecule has 1 fully saturated rings. The normalized spacial score (nSPS) is 15.3. The third kappa shape index (κ3) is 4.48. The van der Waals surface area contributed by atoms with E-state index in [2.05, 4.69) is 50.5 Å². The Hall–Kier alpha value is -1.00. The Bertz CT molecular complexity index is 562. The van der Waals surface area contributed by atoms with E-state index in [9.17, 15) is 0 Å². The van der Waals surface area contributed by atoms with Crippen LogP contribution in [0.4, 0.5) is 5.69 Å². The lowest BCUT2D eigenvalue weighted by atomic mass is 10.3. The Morgan fingerprint density at radius 3 is 2.52 bits per heavy atom. The lowest BCUT2D eigenvalue weighted by Gasteiger charge is -2.10. The zero-order valence-corrected chi connectivity index (χ0v) is 14.3. The molecule has 0 amide bonds. The summed E-state index contributed by atoms with van der Waals surface area (Å²) in [4.78, 5) is 5.75. The number of hydrogen-bond donors (Lipinski definition) is 1. The van der Waals surface area contributed by atoms with E-state index < -0.39 is 0 Å². The predicted octanol–water partition coefficient (Wildman–Crippen LogP) is 5.49. The summed E-state index contributed by atoms with van der Waals surface area (Å²) in [5, 5.41) is 4.24. The molecule has 3 rings (SSSR count). The summed E-state index contributed by atoms with van der Waals surface area (Å²) < 4.78 is 1.01. The van der Waals surface area contributed by atoms with Crippen molar-refractivity contribution in [3.63, 3.8) is 0 Å². The summed E-state index contributed by atoms with van der Waals surface area (Å²) in [6.45, 7) is 0.752. The van der Waals surface area contributed by atoms with Gasteiger partial charge in [0.25, 0.3) is 0 Å². The Labute approximate surface area is 138 Å². The highest BCUT2D eigenvalue weighted by Gasteiger charge is 2.15. The largest absolute Gasteiger partial charge is 0.379 e. The number of nitrogens with one attached hydrogen (secondary N) is 1. The highest BCUT2D eigenvalue weighted by molar-refractivity contribution is 9.10. The highest BCUT2D eigenvalue weighted by atomic mass is 79.9. The van der Waals surface area contributed by atoms with Crippen molar-refractivity contribution in [2.24, 2.45) is 0 Å². The molecule has 2 aromatic rings. The fraction of sp³-hybridized carbons (Fsp3) is 0.353. The quantitative estimate of drug-likeness (QED) is 0.760. The lowest BCUT2D eigenvalue weighted by molar-refractivity contribution is 0.886. The number of aromatic nitrogens is 1. The van der Waals surface area contributed by atoms with Gasteiger partial charge >= 0.3 is 0 Å². The van der Waals surface area contributed by atoms with E-state index >= 15 is 0 Å². The Morgan fingerprint density at radius 2 is 1.86 bits per heavy atom. The maximum Gasteiger partial charge on any atom is 0.0595 e. The molecule has 1 aliphatic rings. The summed E-state index contributed by atoms with van der Waals surface area (Å²) in [5.41, 5.74) is 2.19. The average Bonchev–Trinajstić information content (AvgIpc) is 3.01. The maximum absolute atomic E-state index is 4.37. The predicted molar refractivity (Wildman–Crippen MR) is 93.8 cm³/mol. The molecule has 0 aliphatic heterocycles. The van der Waals surface area contributed by atoms with Crippen molar-refractivity contribution in [3.8, 4) is 0 Å². The SMILES string of the molecule is Brc1ccc(CNc2ccc(SC3CCCC3)cc2)nc1. The van der Waals surface area contributed by atoms with Crippen LogP contribution in [0.3, 0.4) is 0 Å². The van der Waals surface area contributed by atoms with Gasteiger partial charge in [-0.1, -0.05) is 12.8 Å². The fourth-order valence-electron chi connectivity index (χ4n) is 2.55. The van der Waals surface area contributed by atoms with Crippen LogP contribution in [-0.2, 0) is 6.54 Å². The van der Waals surface area contributed by atoms with Crippen LogP contribution in [0.1, 0.15) is 31.4 Å². The molecular weight excluding hydrogens is 344 g/mol. The fourth-order valence-corrected chi connectivity index (χ4v) is 4.04. The summed E-state index contributed by atoms with van der Waals surface area (Å²) in [6.07, 6.45) is 7.38. The van der Waals surface area contributed by atoms with Gasteiger partial charge in [0.15, 0.2) is 0 Å². The first kappa shape index (κ1) is 14.9. The van der Waals surface area contributed by atoms with Crippen LogP contribution in [-0.4, -0.2) is 10.2 Å². The van der Waals surface area contributed by atoms with Gasteiger partial charge in [0.2, 0.25) is 0 Å². The third-order valence-electron chi connectivity index (χ3n) is 3.72. The van der Waals surface area contributed by atoms with Gasteiger partial charge in [0.1, 0.15) is 0 Å². The molecule has 1 saturated carbocycles. The van der Waals surface area contributed by atoms with Crippen LogP contribution in [0.2, 0.25) is 0 Å². The molecule has 0 spiro atoms. The number of benzene rings is 1. The molecule has 0 unspecified atom stereocenters. The van der Waals surface area contributed by atoms with Gasteiger partial charge in [-0.2, -0.15) is 0 Å². The van der Waals surface area contributed by atoms with Crippen molar-refractivity contribution in [1.82, 2.24) is 4.98 Å². The number of nitrogens with zero attached hydrogens (tertiary/aromatic N) is 1. The van der Waals surface area contributed by atoms with Crippen LogP contribution in [0.25, 0.3) is 0 Å². The van der Waals surface area contributed by atoms with Crippen LogP contribution < -0.4 is 5.32 Å². The first-order valence-electron chi connectivity index (χ1n) is 7.40. The standard InChI is InChI=1S/C17H19BrN2S/c18-13-5-6-15(19-11-13)12-20-14-7-9-17(10-8-14)21-16-3-1-2-4-16/h5-11,16,20H,1-4,12H2. The maximum atomic E-state index is 4.37. The van der Waals surface area contributed by atoms with Crippen molar-refractivity contribution in [2.75, 3.05) is 5.32 Å². The number of anilines is 1. The van der Waals surface area contributed by atoms with Crippen molar-refractivity contribution in [1.29, 1.82) is 0 Å². The van der Waals surface area contributed by atoms with Crippen molar-refractivity contribution >= 4 is 33.4 Å². The Balaban J connectivity index is 1.52. The minimum Gasteiger partial charge on any atom is -0.379 e. The number of hydrogen-bond acceptors (Lipinski definition) is 3. The van der Waals surface area contributed by atoms with Gasteiger partial charge in [-0.25, -0.2) is 0 Å². The smallest absolute Gasteiger partial charge is 0.0595 e. The molecular formula is C17H19BrN2S. The molecule has 4 heteroatoms. The van der Waals surface area contributed by atoms with Gasteiger partial charge in [0.05, 0.1) is 12.2 Å². The van der Waals surface area contributed by atoms with E-state index in [1.165, 1.54) is 30.6 Å². The second-order valence-corrected chi connectivity index (χ2v) is 7.66. The van der Waals surface area contributed by atoms with Crippen molar-refractivity contribution in [3.05, 3.63) is 52.8 Å². The second-order valence-electron chi connectivity index (χ2n) is 5.37. The summed E-state index contributed by atoms with van der Waals surface area (Å²) in [7, 11) is 0. The van der Waals surface area contributed by atoms with Crippen LogP contribution in [0, 0.1) is 0 Å². The summed E-state index contributed by atoms with van der Waals surface area (Å²) >= 11 is 5.43. The molecule has 1 N–H and O–H groups in total. The Morgan fingerprint density at radius 1 is 1.10 bits per heavy atom. The molecule has 0 radical (unpaired) electrons. The topological polar surface area (TPSA) is 24.9 Å². The molecule has 0 atom stereocenters. The van der Waals surface area contributed by atoms with E-state index in [0.717, 1.165) is 27.6 Å². The molecule has 110 valence electrons. The zero-order chi connectivity index (χ0) is 14.5. The summed E-state index contributed by atoms with van der Waals surface area (Å²) in [5.74, 6) is 0. The molecule has 21 heavy (non-hydrogen) atoms. The second kappa shape index (κ2) is 7.32. The minimum atomic E-state index is 0.752. The van der Waals surface area contributed by atoms with Crippen molar-refractivity contribution in [2.45, 2.75) is 42.4 Å². The van der Waals surface area contributed by atoms with Gasteiger partial charge in [-0.15, -0.1) is 11.8 Å². The van der Waals surface area contributed by atoms with Crippen LogP contribution >= 0.6 is 27.7 Å². The first-order chi connectivity index (χ1) is 10.3. The van der Waals surface area contributed by atoms with E-state index in [1.807, 2.05) is 30.1 Å². The van der Waals surface area contributed by atoms with E-state index in [-0.39, 0.29) is 0 Å². The number of rotatable bonds is 5. The third-order valence-corrected chi connectivity index (χ3v) is 5.54. The number of thioether (sulfide) groups is 1. The lowest BCUT2D eigenvalue weighted by Crippen LogP contribution is -2.01. The van der Waals surface area contributed by atoms with E-state index in [4.69, 9.17) is 0 Å². The van der Waals surface area contributed by atoms with E-state index in [0.29, 0.717) is 0 Å². The molecule has 0 saturated heterocycles. The monoisotopic (exact) mass is 362 g/mol. The zero-order valence-electron chi connectivity index (χ0n) is 11.9. The summed E-state index contributed by atoms with van der Waals surface area (Å²) in [6, 6.07) is 12.8. The highest BCUT2D eigenvalue weighted by Crippen LogP contribution is 2.34. The molecule has 0 bridgehead atoms.